The van der Waals surface area contributed by atoms with Crippen LogP contribution < -0.4 is 5.56 Å². The molecule has 2 N–H and O–H groups in total. The molecule has 1 atom stereocenters. The minimum atomic E-state index is -0.952. The molecule has 2 heterocycles. The number of nitrogens with zero attached hydrogens (tertiary/aromatic N) is 3. The Bertz CT molecular complexity index is 941. The number of carboxylic acids is 1. The van der Waals surface area contributed by atoms with Gasteiger partial charge in [0, 0.05) is 12.3 Å². The SMILES string of the molecule is Cc1nc(-c2ccn(C(C)c3ccc(C(=O)O)cc3)n2)cc(=O)[nH]1. The minimum Gasteiger partial charge on any atom is -0.478 e. The summed E-state index contributed by atoms with van der Waals surface area (Å²) in [6, 6.07) is 9.80. The summed E-state index contributed by atoms with van der Waals surface area (Å²) in [4.78, 5) is 29.4. The van der Waals surface area contributed by atoms with Crippen LogP contribution in [0.5, 0.6) is 0 Å². The minimum absolute atomic E-state index is 0.0790. The van der Waals surface area contributed by atoms with E-state index >= 15 is 0 Å². The van der Waals surface area contributed by atoms with Gasteiger partial charge in [-0.3, -0.25) is 9.48 Å². The number of aromatic amines is 1. The average molecular weight is 324 g/mol. The third kappa shape index (κ3) is 3.10. The van der Waals surface area contributed by atoms with Crippen LogP contribution in [0, 0.1) is 6.92 Å². The number of carboxylic acid groups (broad SMARTS) is 1. The zero-order valence-corrected chi connectivity index (χ0v) is 13.2. The molecule has 0 fully saturated rings. The lowest BCUT2D eigenvalue weighted by Gasteiger charge is -2.12. The van der Waals surface area contributed by atoms with E-state index in [1.807, 2.05) is 13.1 Å². The van der Waals surface area contributed by atoms with Crippen LogP contribution in [0.15, 0.2) is 47.4 Å². The predicted molar refractivity (Wildman–Crippen MR) is 88.0 cm³/mol. The Morgan fingerprint density at radius 3 is 2.54 bits per heavy atom. The molecule has 0 aliphatic carbocycles. The van der Waals surface area contributed by atoms with Crippen LogP contribution in [0.3, 0.4) is 0 Å². The summed E-state index contributed by atoms with van der Waals surface area (Å²) in [5.74, 6) is -0.421. The fourth-order valence-electron chi connectivity index (χ4n) is 2.46. The molecule has 0 aliphatic heterocycles. The first-order valence-electron chi connectivity index (χ1n) is 7.41. The summed E-state index contributed by atoms with van der Waals surface area (Å²) in [6.07, 6.45) is 1.81. The van der Waals surface area contributed by atoms with E-state index in [-0.39, 0.29) is 17.2 Å². The van der Waals surface area contributed by atoms with Crippen molar-refractivity contribution in [2.75, 3.05) is 0 Å². The van der Waals surface area contributed by atoms with Gasteiger partial charge in [-0.1, -0.05) is 12.1 Å². The number of nitrogens with one attached hydrogen (secondary N) is 1. The van der Waals surface area contributed by atoms with Crippen LogP contribution in [0.2, 0.25) is 0 Å². The molecule has 0 spiro atoms. The van der Waals surface area contributed by atoms with Gasteiger partial charge in [0.2, 0.25) is 0 Å². The molecule has 1 unspecified atom stereocenters. The molecular formula is C17H16N4O3. The van der Waals surface area contributed by atoms with Crippen LogP contribution in [-0.2, 0) is 0 Å². The van der Waals surface area contributed by atoms with Crippen molar-refractivity contribution in [2.24, 2.45) is 0 Å². The number of hydrogen-bond donors (Lipinski definition) is 2. The third-order valence-electron chi connectivity index (χ3n) is 3.77. The van der Waals surface area contributed by atoms with Crippen molar-refractivity contribution in [3.8, 4) is 11.4 Å². The maximum atomic E-state index is 11.6. The van der Waals surface area contributed by atoms with E-state index in [0.717, 1.165) is 5.56 Å². The Morgan fingerprint density at radius 1 is 1.21 bits per heavy atom. The summed E-state index contributed by atoms with van der Waals surface area (Å²) in [5, 5.41) is 13.4. The molecule has 0 amide bonds. The van der Waals surface area contributed by atoms with E-state index in [0.29, 0.717) is 17.2 Å². The largest absolute Gasteiger partial charge is 0.478 e. The number of carbonyl (C=O) groups is 1. The van der Waals surface area contributed by atoms with Gasteiger partial charge >= 0.3 is 5.97 Å². The molecule has 2 aromatic heterocycles. The van der Waals surface area contributed by atoms with Gasteiger partial charge in [0.1, 0.15) is 11.5 Å². The fraction of sp³-hybridized carbons (Fsp3) is 0.176. The number of aromatic carboxylic acids is 1. The van der Waals surface area contributed by atoms with Crippen molar-refractivity contribution >= 4 is 5.97 Å². The highest BCUT2D eigenvalue weighted by molar-refractivity contribution is 5.87. The Morgan fingerprint density at radius 2 is 1.92 bits per heavy atom. The Kier molecular flexibility index (Phi) is 3.99. The van der Waals surface area contributed by atoms with Crippen LogP contribution >= 0.6 is 0 Å². The average Bonchev–Trinajstić information content (AvgIpc) is 3.03. The Hall–Kier alpha value is -3.22. The van der Waals surface area contributed by atoms with Crippen LogP contribution in [0.25, 0.3) is 11.4 Å². The first kappa shape index (κ1) is 15.7. The second-order valence-corrected chi connectivity index (χ2v) is 5.50. The molecular weight excluding hydrogens is 308 g/mol. The van der Waals surface area contributed by atoms with Crippen molar-refractivity contribution in [2.45, 2.75) is 19.9 Å². The van der Waals surface area contributed by atoms with E-state index in [1.165, 1.54) is 6.07 Å². The second kappa shape index (κ2) is 6.11. The Balaban J connectivity index is 1.89. The summed E-state index contributed by atoms with van der Waals surface area (Å²) in [5.41, 5.74) is 2.09. The van der Waals surface area contributed by atoms with Gasteiger partial charge in [-0.25, -0.2) is 9.78 Å². The molecule has 0 aliphatic rings. The molecule has 7 nitrogen and oxygen atoms in total. The monoisotopic (exact) mass is 324 g/mol. The lowest BCUT2D eigenvalue weighted by atomic mass is 10.1. The van der Waals surface area contributed by atoms with E-state index in [4.69, 9.17) is 5.11 Å². The summed E-state index contributed by atoms with van der Waals surface area (Å²) in [7, 11) is 0. The number of aromatic nitrogens is 4. The maximum Gasteiger partial charge on any atom is 0.335 e. The number of benzene rings is 1. The summed E-state index contributed by atoms with van der Waals surface area (Å²) in [6.45, 7) is 3.68. The molecule has 0 saturated carbocycles. The molecule has 24 heavy (non-hydrogen) atoms. The van der Waals surface area contributed by atoms with E-state index in [2.05, 4.69) is 15.1 Å². The standard InChI is InChI=1S/C17H16N4O3/c1-10(12-3-5-13(6-4-12)17(23)24)21-8-7-14(20-21)15-9-16(22)19-11(2)18-15/h3-10H,1-2H3,(H,23,24)(H,18,19,22). The van der Waals surface area contributed by atoms with Crippen molar-refractivity contribution in [3.63, 3.8) is 0 Å². The zero-order valence-electron chi connectivity index (χ0n) is 13.2. The highest BCUT2D eigenvalue weighted by Crippen LogP contribution is 2.20. The lowest BCUT2D eigenvalue weighted by molar-refractivity contribution is 0.0697. The van der Waals surface area contributed by atoms with E-state index in [1.54, 1.807) is 41.9 Å². The number of H-pyrrole nitrogens is 1. The van der Waals surface area contributed by atoms with Gasteiger partial charge in [-0.05, 0) is 37.6 Å². The maximum absolute atomic E-state index is 11.6. The normalized spacial score (nSPS) is 12.1. The predicted octanol–water partition coefficient (Wildman–Crippen LogP) is 2.25. The zero-order chi connectivity index (χ0) is 17.3. The molecule has 122 valence electrons. The topological polar surface area (TPSA) is 101 Å². The summed E-state index contributed by atoms with van der Waals surface area (Å²) >= 11 is 0. The molecule has 3 aromatic rings. The number of hydrogen-bond acceptors (Lipinski definition) is 4. The van der Waals surface area contributed by atoms with Gasteiger partial charge in [-0.15, -0.1) is 0 Å². The van der Waals surface area contributed by atoms with Gasteiger partial charge < -0.3 is 10.1 Å². The van der Waals surface area contributed by atoms with Crippen molar-refractivity contribution in [1.82, 2.24) is 19.7 Å². The highest BCUT2D eigenvalue weighted by atomic mass is 16.4. The van der Waals surface area contributed by atoms with Gasteiger partial charge in [0.15, 0.2) is 0 Å². The lowest BCUT2D eigenvalue weighted by Crippen LogP contribution is -2.10. The molecule has 1 aromatic carbocycles. The molecule has 7 heteroatoms. The fourth-order valence-corrected chi connectivity index (χ4v) is 2.46. The van der Waals surface area contributed by atoms with Crippen molar-refractivity contribution in [1.29, 1.82) is 0 Å². The van der Waals surface area contributed by atoms with Gasteiger partial charge in [0.25, 0.3) is 5.56 Å². The molecule has 0 radical (unpaired) electrons. The van der Waals surface area contributed by atoms with Crippen LogP contribution in [-0.4, -0.2) is 30.8 Å². The molecule has 0 bridgehead atoms. The number of rotatable bonds is 4. The smallest absolute Gasteiger partial charge is 0.335 e. The van der Waals surface area contributed by atoms with E-state index < -0.39 is 5.97 Å². The number of aryl methyl sites for hydroxylation is 1. The van der Waals surface area contributed by atoms with Gasteiger partial charge in [0.05, 0.1) is 17.3 Å². The molecule has 3 rings (SSSR count). The highest BCUT2D eigenvalue weighted by Gasteiger charge is 2.12. The Labute approximate surface area is 137 Å². The quantitative estimate of drug-likeness (QED) is 0.766. The van der Waals surface area contributed by atoms with Crippen LogP contribution in [0.1, 0.15) is 34.7 Å². The van der Waals surface area contributed by atoms with Crippen molar-refractivity contribution in [3.05, 3.63) is 69.9 Å². The summed E-state index contributed by atoms with van der Waals surface area (Å²) < 4.78 is 1.75. The second-order valence-electron chi connectivity index (χ2n) is 5.50. The van der Waals surface area contributed by atoms with Gasteiger partial charge in [-0.2, -0.15) is 5.10 Å². The third-order valence-corrected chi connectivity index (χ3v) is 3.77. The first-order valence-corrected chi connectivity index (χ1v) is 7.41. The van der Waals surface area contributed by atoms with E-state index in [9.17, 15) is 9.59 Å². The van der Waals surface area contributed by atoms with Crippen molar-refractivity contribution < 1.29 is 9.90 Å². The molecule has 0 saturated heterocycles. The first-order chi connectivity index (χ1) is 11.4. The van der Waals surface area contributed by atoms with Crippen LogP contribution in [0.4, 0.5) is 0 Å².